The Morgan fingerprint density at radius 2 is 1.74 bits per heavy atom. The lowest BCUT2D eigenvalue weighted by Crippen LogP contribution is -2.42. The predicted molar refractivity (Wildman–Crippen MR) is 60.4 cm³/mol. The Bertz CT molecular complexity index is 445. The fourth-order valence-electron chi connectivity index (χ4n) is 1.49. The van der Waals surface area contributed by atoms with Crippen LogP contribution < -0.4 is 0 Å². The fraction of sp³-hybridized carbons (Fsp3) is 0.333. The van der Waals surface area contributed by atoms with E-state index in [0.717, 1.165) is 0 Å². The summed E-state index contributed by atoms with van der Waals surface area (Å²) in [5, 5.41) is 8.53. The number of amides is 1. The molecule has 0 heterocycles. The largest absolute Gasteiger partial charge is 0.480 e. The summed E-state index contributed by atoms with van der Waals surface area (Å²) in [6, 6.07) is 8.18. The second-order valence-corrected chi connectivity index (χ2v) is 3.92. The van der Waals surface area contributed by atoms with Gasteiger partial charge in [-0.05, 0) is 5.56 Å². The lowest BCUT2D eigenvalue weighted by molar-refractivity contribution is -0.165. The van der Waals surface area contributed by atoms with Gasteiger partial charge in [0.05, 0.1) is 6.42 Å². The van der Waals surface area contributed by atoms with Crippen LogP contribution in [0.4, 0.5) is 13.2 Å². The van der Waals surface area contributed by atoms with Crippen LogP contribution in [0.1, 0.15) is 5.56 Å². The SMILES string of the molecule is O=C(O)CN(CC(F)(F)F)C(=O)Cc1ccccc1. The first kappa shape index (κ1) is 15.0. The number of benzene rings is 1. The van der Waals surface area contributed by atoms with Gasteiger partial charge in [-0.3, -0.25) is 9.59 Å². The molecule has 0 aliphatic rings. The number of hydrogen-bond acceptors (Lipinski definition) is 2. The van der Waals surface area contributed by atoms with Crippen molar-refractivity contribution in [1.29, 1.82) is 0 Å². The van der Waals surface area contributed by atoms with E-state index in [9.17, 15) is 22.8 Å². The molecule has 0 aliphatic carbocycles. The topological polar surface area (TPSA) is 57.6 Å². The molecule has 0 aliphatic heterocycles. The molecule has 1 N–H and O–H groups in total. The van der Waals surface area contributed by atoms with Gasteiger partial charge in [-0.15, -0.1) is 0 Å². The molecule has 19 heavy (non-hydrogen) atoms. The van der Waals surface area contributed by atoms with E-state index in [1.807, 2.05) is 0 Å². The molecular weight excluding hydrogens is 263 g/mol. The van der Waals surface area contributed by atoms with Gasteiger partial charge in [0, 0.05) is 0 Å². The van der Waals surface area contributed by atoms with Gasteiger partial charge in [-0.2, -0.15) is 13.2 Å². The van der Waals surface area contributed by atoms with E-state index >= 15 is 0 Å². The van der Waals surface area contributed by atoms with Gasteiger partial charge < -0.3 is 10.0 Å². The van der Waals surface area contributed by atoms with E-state index in [2.05, 4.69) is 0 Å². The second-order valence-electron chi connectivity index (χ2n) is 3.92. The molecule has 0 saturated carbocycles. The molecule has 1 rings (SSSR count). The summed E-state index contributed by atoms with van der Waals surface area (Å²) in [5.74, 6) is -2.35. The van der Waals surface area contributed by atoms with Crippen LogP contribution in [0.25, 0.3) is 0 Å². The molecule has 0 atom stereocenters. The summed E-state index contributed by atoms with van der Waals surface area (Å²) in [6.45, 7) is -2.53. The van der Waals surface area contributed by atoms with Gasteiger partial charge in [0.1, 0.15) is 13.1 Å². The number of rotatable bonds is 5. The summed E-state index contributed by atoms with van der Waals surface area (Å²) in [4.78, 5) is 22.5. The molecule has 0 radical (unpaired) electrons. The van der Waals surface area contributed by atoms with Gasteiger partial charge in [-0.25, -0.2) is 0 Å². The zero-order chi connectivity index (χ0) is 14.5. The molecule has 0 saturated heterocycles. The van der Waals surface area contributed by atoms with Crippen molar-refractivity contribution in [3.63, 3.8) is 0 Å². The fourth-order valence-corrected chi connectivity index (χ4v) is 1.49. The van der Waals surface area contributed by atoms with E-state index in [0.29, 0.717) is 5.56 Å². The highest BCUT2D eigenvalue weighted by Crippen LogP contribution is 2.17. The van der Waals surface area contributed by atoms with Crippen LogP contribution in [-0.2, 0) is 16.0 Å². The van der Waals surface area contributed by atoms with Crippen molar-refractivity contribution in [2.24, 2.45) is 0 Å². The first-order valence-electron chi connectivity index (χ1n) is 5.38. The highest BCUT2D eigenvalue weighted by molar-refractivity contribution is 5.83. The number of carbonyl (C=O) groups excluding carboxylic acids is 1. The summed E-state index contributed by atoms with van der Waals surface area (Å²) < 4.78 is 36.8. The number of halogens is 3. The lowest BCUT2D eigenvalue weighted by Gasteiger charge is -2.22. The average Bonchev–Trinajstić information content (AvgIpc) is 2.27. The van der Waals surface area contributed by atoms with Crippen LogP contribution in [-0.4, -0.2) is 41.1 Å². The third kappa shape index (κ3) is 5.89. The quantitative estimate of drug-likeness (QED) is 0.890. The summed E-state index contributed by atoms with van der Waals surface area (Å²) >= 11 is 0. The lowest BCUT2D eigenvalue weighted by atomic mass is 10.1. The van der Waals surface area contributed by atoms with Crippen molar-refractivity contribution in [2.45, 2.75) is 12.6 Å². The van der Waals surface area contributed by atoms with Crippen LogP contribution in [0.2, 0.25) is 0 Å². The second kappa shape index (κ2) is 6.21. The molecule has 0 unspecified atom stereocenters. The van der Waals surface area contributed by atoms with Crippen molar-refractivity contribution in [2.75, 3.05) is 13.1 Å². The van der Waals surface area contributed by atoms with Crippen LogP contribution >= 0.6 is 0 Å². The molecule has 7 heteroatoms. The molecule has 1 aromatic rings. The molecule has 1 aromatic carbocycles. The first-order chi connectivity index (χ1) is 8.78. The Balaban J connectivity index is 2.74. The maximum atomic E-state index is 12.3. The molecule has 0 bridgehead atoms. The van der Waals surface area contributed by atoms with Gasteiger partial charge in [0.25, 0.3) is 0 Å². The van der Waals surface area contributed by atoms with Gasteiger partial charge >= 0.3 is 12.1 Å². The minimum absolute atomic E-state index is 0.260. The van der Waals surface area contributed by atoms with Crippen LogP contribution in [0, 0.1) is 0 Å². The first-order valence-corrected chi connectivity index (χ1v) is 5.38. The number of carbonyl (C=O) groups is 2. The van der Waals surface area contributed by atoms with Crippen molar-refractivity contribution in [3.8, 4) is 0 Å². The van der Waals surface area contributed by atoms with Crippen molar-refractivity contribution in [3.05, 3.63) is 35.9 Å². The van der Waals surface area contributed by atoms with E-state index < -0.39 is 31.1 Å². The summed E-state index contributed by atoms with van der Waals surface area (Å²) in [5.41, 5.74) is 0.532. The molecular formula is C12H12F3NO3. The van der Waals surface area contributed by atoms with Crippen molar-refractivity contribution >= 4 is 11.9 Å². The maximum absolute atomic E-state index is 12.3. The Morgan fingerprint density at radius 1 is 1.16 bits per heavy atom. The van der Waals surface area contributed by atoms with Gasteiger partial charge in [-0.1, -0.05) is 30.3 Å². The van der Waals surface area contributed by atoms with Crippen LogP contribution in [0.15, 0.2) is 30.3 Å². The monoisotopic (exact) mass is 275 g/mol. The zero-order valence-corrected chi connectivity index (χ0v) is 9.85. The van der Waals surface area contributed by atoms with E-state index in [-0.39, 0.29) is 11.3 Å². The number of nitrogens with zero attached hydrogens (tertiary/aromatic N) is 1. The van der Waals surface area contributed by atoms with E-state index in [1.54, 1.807) is 30.3 Å². The normalized spacial score (nSPS) is 11.1. The number of carboxylic acids is 1. The van der Waals surface area contributed by atoms with E-state index in [1.165, 1.54) is 0 Å². The average molecular weight is 275 g/mol. The zero-order valence-electron chi connectivity index (χ0n) is 9.85. The van der Waals surface area contributed by atoms with Gasteiger partial charge in [0.2, 0.25) is 5.91 Å². The van der Waals surface area contributed by atoms with Gasteiger partial charge in [0.15, 0.2) is 0 Å². The van der Waals surface area contributed by atoms with Crippen LogP contribution in [0.5, 0.6) is 0 Å². The summed E-state index contributed by atoms with van der Waals surface area (Å²) in [6.07, 6.45) is -4.88. The Morgan fingerprint density at radius 3 is 2.21 bits per heavy atom. The molecule has 0 fully saturated rings. The Hall–Kier alpha value is -2.05. The highest BCUT2D eigenvalue weighted by atomic mass is 19.4. The molecule has 0 spiro atoms. The van der Waals surface area contributed by atoms with E-state index in [4.69, 9.17) is 5.11 Å². The number of alkyl halides is 3. The minimum Gasteiger partial charge on any atom is -0.480 e. The highest BCUT2D eigenvalue weighted by Gasteiger charge is 2.33. The van der Waals surface area contributed by atoms with Crippen molar-refractivity contribution in [1.82, 2.24) is 4.90 Å². The molecule has 1 amide bonds. The Kier molecular flexibility index (Phi) is 4.91. The summed E-state index contributed by atoms with van der Waals surface area (Å²) in [7, 11) is 0. The number of aliphatic carboxylic acids is 1. The third-order valence-electron chi connectivity index (χ3n) is 2.25. The standard InChI is InChI=1S/C12H12F3NO3/c13-12(14,15)8-16(7-11(18)19)10(17)6-9-4-2-1-3-5-9/h1-5H,6-8H2,(H,18,19). The number of hydrogen-bond donors (Lipinski definition) is 1. The van der Waals surface area contributed by atoms with Crippen LogP contribution in [0.3, 0.4) is 0 Å². The minimum atomic E-state index is -4.62. The van der Waals surface area contributed by atoms with Crippen molar-refractivity contribution < 1.29 is 27.9 Å². The smallest absolute Gasteiger partial charge is 0.406 e. The molecule has 4 nitrogen and oxygen atoms in total. The Labute approximate surface area is 107 Å². The number of carboxylic acid groups (broad SMARTS) is 1. The third-order valence-corrected chi connectivity index (χ3v) is 2.25. The molecule has 104 valence electrons. The maximum Gasteiger partial charge on any atom is 0.406 e. The molecule has 0 aromatic heterocycles. The predicted octanol–water partition coefficient (Wildman–Crippen LogP) is 1.70.